The molecule has 0 saturated carbocycles. The van der Waals surface area contributed by atoms with Gasteiger partial charge in [-0.2, -0.15) is 0 Å². The highest BCUT2D eigenvalue weighted by Crippen LogP contribution is 2.27. The number of piperidine rings is 1. The number of methoxy groups -OCH3 is 1. The molecule has 0 atom stereocenters. The predicted molar refractivity (Wildman–Crippen MR) is 74.8 cm³/mol. The predicted octanol–water partition coefficient (Wildman–Crippen LogP) is 0.0933. The van der Waals surface area contributed by atoms with Crippen LogP contribution in [0.1, 0.15) is 34.9 Å². The van der Waals surface area contributed by atoms with Gasteiger partial charge in [0.1, 0.15) is 0 Å². The first-order valence-electron chi connectivity index (χ1n) is 7.00. The summed E-state index contributed by atoms with van der Waals surface area (Å²) in [5.74, 6) is -0.0721. The molecule has 1 aliphatic heterocycles. The quantitative estimate of drug-likeness (QED) is 0.771. The van der Waals surface area contributed by atoms with E-state index >= 15 is 0 Å². The first kappa shape index (κ1) is 14.9. The molecular weight excluding hydrogens is 258 g/mol. The molecule has 0 unspecified atom stereocenters. The monoisotopic (exact) mass is 281 g/mol. The molecule has 1 aliphatic rings. The number of nitrogens with zero attached hydrogens (tertiary/aromatic N) is 4. The number of carbonyl (C=O) groups excluding carboxylic acids is 1. The maximum Gasteiger partial charge on any atom is 0.360 e. The van der Waals surface area contributed by atoms with Crippen molar-refractivity contribution in [2.24, 2.45) is 0 Å². The molecule has 1 saturated heterocycles. The van der Waals surface area contributed by atoms with Gasteiger partial charge in [-0.25, -0.2) is 9.48 Å². The fourth-order valence-corrected chi connectivity index (χ4v) is 2.52. The van der Waals surface area contributed by atoms with E-state index in [0.717, 1.165) is 44.7 Å². The van der Waals surface area contributed by atoms with Crippen LogP contribution >= 0.6 is 0 Å². The third-order valence-electron chi connectivity index (χ3n) is 3.64. The van der Waals surface area contributed by atoms with Crippen molar-refractivity contribution in [2.75, 3.05) is 40.8 Å². The Morgan fingerprint density at radius 3 is 2.75 bits per heavy atom. The van der Waals surface area contributed by atoms with Crippen LogP contribution in [0, 0.1) is 0 Å². The molecule has 0 aromatic carbocycles. The van der Waals surface area contributed by atoms with Crippen LogP contribution in [0.5, 0.6) is 0 Å². The molecule has 0 bridgehead atoms. The highest BCUT2D eigenvalue weighted by Gasteiger charge is 2.28. The van der Waals surface area contributed by atoms with E-state index in [1.165, 1.54) is 7.11 Å². The molecule has 0 radical (unpaired) electrons. The Hall–Kier alpha value is -1.47. The van der Waals surface area contributed by atoms with Gasteiger partial charge < -0.3 is 15.0 Å². The lowest BCUT2D eigenvalue weighted by Crippen LogP contribution is -2.29. The van der Waals surface area contributed by atoms with Crippen LogP contribution in [0.2, 0.25) is 0 Å². The highest BCUT2D eigenvalue weighted by atomic mass is 16.5. The lowest BCUT2D eigenvalue weighted by molar-refractivity contribution is 0.0591. The summed E-state index contributed by atoms with van der Waals surface area (Å²) in [7, 11) is 5.41. The molecular formula is C13H23N5O2. The van der Waals surface area contributed by atoms with Crippen molar-refractivity contribution >= 4 is 5.97 Å². The molecule has 7 nitrogen and oxygen atoms in total. The third-order valence-corrected chi connectivity index (χ3v) is 3.64. The molecule has 7 heteroatoms. The standard InChI is InChI=1S/C13H23N5O2/c1-17(2)8-9-18-12(10-4-6-14-7-5-10)11(15-16-18)13(19)20-3/h10,14H,4-9H2,1-3H3. The third kappa shape index (κ3) is 3.34. The number of carbonyl (C=O) groups is 1. The van der Waals surface area contributed by atoms with E-state index < -0.39 is 5.97 Å². The van der Waals surface area contributed by atoms with Gasteiger partial charge in [-0.05, 0) is 40.0 Å². The van der Waals surface area contributed by atoms with Gasteiger partial charge in [0.15, 0.2) is 5.69 Å². The second-order valence-corrected chi connectivity index (χ2v) is 5.37. The fourth-order valence-electron chi connectivity index (χ4n) is 2.52. The molecule has 2 heterocycles. The number of likely N-dealkylation sites (N-methyl/N-ethyl adjacent to an activating group) is 1. The average molecular weight is 281 g/mol. The van der Waals surface area contributed by atoms with Crippen LogP contribution in [0.15, 0.2) is 0 Å². The van der Waals surface area contributed by atoms with Gasteiger partial charge in [0.05, 0.1) is 19.3 Å². The van der Waals surface area contributed by atoms with E-state index in [4.69, 9.17) is 4.74 Å². The summed E-state index contributed by atoms with van der Waals surface area (Å²) in [5.41, 5.74) is 1.30. The van der Waals surface area contributed by atoms with Gasteiger partial charge in [-0.3, -0.25) is 0 Å². The number of esters is 1. The lowest BCUT2D eigenvalue weighted by atomic mass is 9.93. The van der Waals surface area contributed by atoms with Gasteiger partial charge in [0.2, 0.25) is 0 Å². The van der Waals surface area contributed by atoms with Crippen molar-refractivity contribution in [1.29, 1.82) is 0 Å². The van der Waals surface area contributed by atoms with Crippen molar-refractivity contribution in [1.82, 2.24) is 25.2 Å². The zero-order valence-electron chi connectivity index (χ0n) is 12.4. The van der Waals surface area contributed by atoms with E-state index in [1.54, 1.807) is 0 Å². The molecule has 1 aromatic rings. The van der Waals surface area contributed by atoms with Crippen LogP contribution in [0.25, 0.3) is 0 Å². The maximum absolute atomic E-state index is 11.9. The van der Waals surface area contributed by atoms with Gasteiger partial charge in [0.25, 0.3) is 0 Å². The Balaban J connectivity index is 2.26. The number of ether oxygens (including phenoxy) is 1. The summed E-state index contributed by atoms with van der Waals surface area (Å²) in [6, 6.07) is 0. The number of hydrogen-bond donors (Lipinski definition) is 1. The van der Waals surface area contributed by atoms with Crippen molar-refractivity contribution in [3.8, 4) is 0 Å². The number of rotatable bonds is 5. The van der Waals surface area contributed by atoms with Crippen LogP contribution < -0.4 is 5.32 Å². The second kappa shape index (κ2) is 6.81. The Morgan fingerprint density at radius 1 is 1.45 bits per heavy atom. The zero-order valence-corrected chi connectivity index (χ0v) is 12.4. The Morgan fingerprint density at radius 2 is 2.15 bits per heavy atom. The maximum atomic E-state index is 11.9. The normalized spacial score (nSPS) is 16.6. The van der Waals surface area contributed by atoms with Crippen LogP contribution in [0.3, 0.4) is 0 Å². The number of hydrogen-bond acceptors (Lipinski definition) is 6. The minimum atomic E-state index is -0.394. The van der Waals surface area contributed by atoms with E-state index in [9.17, 15) is 4.79 Å². The minimum absolute atomic E-state index is 0.322. The topological polar surface area (TPSA) is 72.3 Å². The SMILES string of the molecule is COC(=O)c1nnn(CCN(C)C)c1C1CCNCC1. The molecule has 1 aromatic heterocycles. The molecule has 1 N–H and O–H groups in total. The van der Waals surface area contributed by atoms with Crippen LogP contribution in [-0.4, -0.2) is 66.7 Å². The Kier molecular flexibility index (Phi) is 5.08. The smallest absolute Gasteiger partial charge is 0.360 e. The van der Waals surface area contributed by atoms with E-state index in [2.05, 4.69) is 20.5 Å². The molecule has 0 spiro atoms. The Bertz CT molecular complexity index is 452. The summed E-state index contributed by atoms with van der Waals surface area (Å²) in [4.78, 5) is 14.0. The average Bonchev–Trinajstić information content (AvgIpc) is 2.89. The van der Waals surface area contributed by atoms with E-state index in [0.29, 0.717) is 11.6 Å². The molecule has 2 rings (SSSR count). The van der Waals surface area contributed by atoms with Crippen molar-refractivity contribution in [2.45, 2.75) is 25.3 Å². The largest absolute Gasteiger partial charge is 0.464 e. The lowest BCUT2D eigenvalue weighted by Gasteiger charge is -2.24. The summed E-state index contributed by atoms with van der Waals surface area (Å²) >= 11 is 0. The van der Waals surface area contributed by atoms with Gasteiger partial charge in [-0.15, -0.1) is 5.10 Å². The van der Waals surface area contributed by atoms with Crippen molar-refractivity contribution < 1.29 is 9.53 Å². The summed E-state index contributed by atoms with van der Waals surface area (Å²) < 4.78 is 6.69. The number of aromatic nitrogens is 3. The van der Waals surface area contributed by atoms with Crippen LogP contribution in [0.4, 0.5) is 0 Å². The van der Waals surface area contributed by atoms with Gasteiger partial charge >= 0.3 is 5.97 Å². The molecule has 0 aliphatic carbocycles. The highest BCUT2D eigenvalue weighted by molar-refractivity contribution is 5.88. The summed E-state index contributed by atoms with van der Waals surface area (Å²) in [5, 5.41) is 11.5. The van der Waals surface area contributed by atoms with Crippen molar-refractivity contribution in [3.05, 3.63) is 11.4 Å². The fraction of sp³-hybridized carbons (Fsp3) is 0.769. The zero-order chi connectivity index (χ0) is 14.5. The van der Waals surface area contributed by atoms with E-state index in [1.807, 2.05) is 18.8 Å². The van der Waals surface area contributed by atoms with E-state index in [-0.39, 0.29) is 0 Å². The number of nitrogens with one attached hydrogen (secondary N) is 1. The molecule has 112 valence electrons. The molecule has 1 fully saturated rings. The van der Waals surface area contributed by atoms with Gasteiger partial charge in [0, 0.05) is 12.5 Å². The van der Waals surface area contributed by atoms with Gasteiger partial charge in [-0.1, -0.05) is 5.21 Å². The van der Waals surface area contributed by atoms with Crippen molar-refractivity contribution in [3.63, 3.8) is 0 Å². The van der Waals surface area contributed by atoms with Crippen LogP contribution in [-0.2, 0) is 11.3 Å². The Labute approximate surface area is 119 Å². The first-order chi connectivity index (χ1) is 9.63. The molecule has 20 heavy (non-hydrogen) atoms. The minimum Gasteiger partial charge on any atom is -0.464 e. The molecule has 0 amide bonds. The summed E-state index contributed by atoms with van der Waals surface area (Å²) in [6.45, 7) is 3.52. The second-order valence-electron chi connectivity index (χ2n) is 5.37. The summed E-state index contributed by atoms with van der Waals surface area (Å²) in [6.07, 6.45) is 2.00. The first-order valence-corrected chi connectivity index (χ1v) is 7.00.